The number of carboxylic acid groups (broad SMARTS) is 1. The number of rotatable bonds is 8. The van der Waals surface area contributed by atoms with E-state index >= 15 is 0 Å². The maximum absolute atomic E-state index is 11.0. The summed E-state index contributed by atoms with van der Waals surface area (Å²) in [6, 6.07) is -0.160. The van der Waals surface area contributed by atoms with Gasteiger partial charge in [-0.2, -0.15) is 0 Å². The summed E-state index contributed by atoms with van der Waals surface area (Å²) in [5.74, 6) is -0.238. The van der Waals surface area contributed by atoms with Gasteiger partial charge in [0.05, 0.1) is 12.7 Å². The first-order chi connectivity index (χ1) is 7.49. The summed E-state index contributed by atoms with van der Waals surface area (Å²) in [6.07, 6.45) is 3.27. The summed E-state index contributed by atoms with van der Waals surface area (Å²) < 4.78 is 5.56. The number of carboxylic acids is 1. The zero-order chi connectivity index (χ0) is 12.1. The number of hydrogen-bond donors (Lipinski definition) is 2. The zero-order valence-corrected chi connectivity index (χ0v) is 10.4. The molecular weight excluding hydrogens is 206 g/mol. The molecule has 1 rings (SSSR count). The molecule has 4 nitrogen and oxygen atoms in total. The van der Waals surface area contributed by atoms with Gasteiger partial charge in [0.1, 0.15) is 6.04 Å². The summed E-state index contributed by atoms with van der Waals surface area (Å²) >= 11 is 0. The molecule has 4 heteroatoms. The number of nitrogens with one attached hydrogen (secondary N) is 1. The Hall–Kier alpha value is -0.610. The van der Waals surface area contributed by atoms with Gasteiger partial charge in [-0.3, -0.25) is 10.1 Å². The summed E-state index contributed by atoms with van der Waals surface area (Å²) in [5, 5.41) is 12.1. The topological polar surface area (TPSA) is 58.6 Å². The highest BCUT2D eigenvalue weighted by Crippen LogP contribution is 2.19. The van der Waals surface area contributed by atoms with Gasteiger partial charge in [0.15, 0.2) is 0 Å². The fourth-order valence-electron chi connectivity index (χ4n) is 1.72. The number of aliphatic carboxylic acids is 1. The van der Waals surface area contributed by atoms with Crippen LogP contribution in [0.5, 0.6) is 0 Å². The van der Waals surface area contributed by atoms with E-state index in [1.807, 2.05) is 6.92 Å². The van der Waals surface area contributed by atoms with Crippen LogP contribution in [0, 0.1) is 5.92 Å². The molecule has 0 aliphatic heterocycles. The van der Waals surface area contributed by atoms with Crippen molar-refractivity contribution >= 4 is 5.97 Å². The van der Waals surface area contributed by atoms with Crippen LogP contribution in [0.4, 0.5) is 0 Å². The summed E-state index contributed by atoms with van der Waals surface area (Å²) in [6.45, 7) is 6.53. The van der Waals surface area contributed by atoms with E-state index in [4.69, 9.17) is 9.84 Å². The van der Waals surface area contributed by atoms with E-state index in [0.29, 0.717) is 12.0 Å². The molecule has 0 amide bonds. The van der Waals surface area contributed by atoms with Gasteiger partial charge in [0.2, 0.25) is 0 Å². The molecule has 1 fully saturated rings. The predicted molar refractivity (Wildman–Crippen MR) is 62.5 cm³/mol. The Balaban J connectivity index is 2.22. The average molecular weight is 229 g/mol. The molecule has 1 aliphatic rings. The first-order valence-corrected chi connectivity index (χ1v) is 6.09. The van der Waals surface area contributed by atoms with Crippen molar-refractivity contribution in [1.82, 2.24) is 5.32 Å². The van der Waals surface area contributed by atoms with Crippen molar-refractivity contribution in [3.05, 3.63) is 0 Å². The lowest BCUT2D eigenvalue weighted by Gasteiger charge is -2.19. The van der Waals surface area contributed by atoms with E-state index in [1.165, 1.54) is 0 Å². The molecule has 0 saturated heterocycles. The Labute approximate surface area is 97.4 Å². The highest BCUT2D eigenvalue weighted by Gasteiger charge is 2.28. The molecule has 1 aliphatic carbocycles. The molecule has 16 heavy (non-hydrogen) atoms. The van der Waals surface area contributed by atoms with Crippen LogP contribution in [-0.4, -0.2) is 35.9 Å². The average Bonchev–Trinajstić information content (AvgIpc) is 2.93. The van der Waals surface area contributed by atoms with Crippen molar-refractivity contribution in [3.63, 3.8) is 0 Å². The van der Waals surface area contributed by atoms with Gasteiger partial charge in [0.25, 0.3) is 0 Å². The van der Waals surface area contributed by atoms with Gasteiger partial charge in [-0.15, -0.1) is 0 Å². The van der Waals surface area contributed by atoms with Crippen LogP contribution in [0.3, 0.4) is 0 Å². The highest BCUT2D eigenvalue weighted by atomic mass is 16.5. The third kappa shape index (κ3) is 5.47. The largest absolute Gasteiger partial charge is 0.480 e. The van der Waals surface area contributed by atoms with Crippen molar-refractivity contribution in [2.24, 2.45) is 5.92 Å². The normalized spacial score (nSPS) is 19.8. The zero-order valence-electron chi connectivity index (χ0n) is 10.4. The Bertz CT molecular complexity index is 226. The minimum Gasteiger partial charge on any atom is -0.480 e. The molecule has 0 spiro atoms. The first-order valence-electron chi connectivity index (χ1n) is 6.09. The van der Waals surface area contributed by atoms with Crippen LogP contribution in [0.1, 0.15) is 40.0 Å². The van der Waals surface area contributed by atoms with Gasteiger partial charge >= 0.3 is 5.97 Å². The fourth-order valence-corrected chi connectivity index (χ4v) is 1.72. The molecule has 2 N–H and O–H groups in total. The molecular formula is C12H23NO3. The number of carbonyl (C=O) groups is 1. The van der Waals surface area contributed by atoms with Crippen molar-refractivity contribution in [2.45, 2.75) is 58.2 Å². The standard InChI is InChI=1S/C12H23NO3/c1-8(2)6-9(3)16-7-11(12(14)15)13-10-4-5-10/h8-11,13H,4-7H2,1-3H3,(H,14,15). The second-order valence-corrected chi connectivity index (χ2v) is 5.11. The lowest BCUT2D eigenvalue weighted by atomic mass is 10.1. The van der Waals surface area contributed by atoms with Crippen molar-refractivity contribution < 1.29 is 14.6 Å². The maximum atomic E-state index is 11.0. The van der Waals surface area contributed by atoms with E-state index in [-0.39, 0.29) is 12.7 Å². The van der Waals surface area contributed by atoms with Crippen LogP contribution in [0.25, 0.3) is 0 Å². The second-order valence-electron chi connectivity index (χ2n) is 5.11. The Morgan fingerprint density at radius 2 is 2.06 bits per heavy atom. The van der Waals surface area contributed by atoms with Gasteiger partial charge in [-0.1, -0.05) is 13.8 Å². The Morgan fingerprint density at radius 1 is 1.44 bits per heavy atom. The Kier molecular flexibility index (Phi) is 5.22. The highest BCUT2D eigenvalue weighted by molar-refractivity contribution is 5.73. The van der Waals surface area contributed by atoms with Gasteiger partial charge in [-0.05, 0) is 32.1 Å². The van der Waals surface area contributed by atoms with Crippen LogP contribution in [0.15, 0.2) is 0 Å². The van der Waals surface area contributed by atoms with E-state index in [2.05, 4.69) is 19.2 Å². The van der Waals surface area contributed by atoms with E-state index in [0.717, 1.165) is 19.3 Å². The summed E-state index contributed by atoms with van der Waals surface area (Å²) in [5.41, 5.74) is 0. The first kappa shape index (κ1) is 13.5. The molecule has 2 atom stereocenters. The van der Waals surface area contributed by atoms with Crippen molar-refractivity contribution in [1.29, 1.82) is 0 Å². The molecule has 0 aromatic rings. The molecule has 0 aromatic heterocycles. The molecule has 0 radical (unpaired) electrons. The quantitative estimate of drug-likeness (QED) is 0.664. The molecule has 94 valence electrons. The van der Waals surface area contributed by atoms with Gasteiger partial charge in [-0.25, -0.2) is 0 Å². The lowest BCUT2D eigenvalue weighted by molar-refractivity contribution is -0.141. The minimum atomic E-state index is -0.816. The fraction of sp³-hybridized carbons (Fsp3) is 0.917. The van der Waals surface area contributed by atoms with Crippen molar-refractivity contribution in [2.75, 3.05) is 6.61 Å². The Morgan fingerprint density at radius 3 is 2.50 bits per heavy atom. The molecule has 0 aromatic carbocycles. The van der Waals surface area contributed by atoms with E-state index < -0.39 is 12.0 Å². The maximum Gasteiger partial charge on any atom is 0.323 e. The smallest absolute Gasteiger partial charge is 0.323 e. The van der Waals surface area contributed by atoms with Gasteiger partial charge < -0.3 is 9.84 Å². The molecule has 2 unspecified atom stereocenters. The van der Waals surface area contributed by atoms with Crippen LogP contribution in [0.2, 0.25) is 0 Å². The minimum absolute atomic E-state index is 0.128. The van der Waals surface area contributed by atoms with E-state index in [1.54, 1.807) is 0 Å². The monoisotopic (exact) mass is 229 g/mol. The van der Waals surface area contributed by atoms with Crippen LogP contribution < -0.4 is 5.32 Å². The number of ether oxygens (including phenoxy) is 1. The lowest BCUT2D eigenvalue weighted by Crippen LogP contribution is -2.42. The third-order valence-corrected chi connectivity index (χ3v) is 2.66. The van der Waals surface area contributed by atoms with Gasteiger partial charge in [0, 0.05) is 6.04 Å². The molecule has 0 bridgehead atoms. The van der Waals surface area contributed by atoms with Crippen LogP contribution >= 0.6 is 0 Å². The SMILES string of the molecule is CC(C)CC(C)OCC(NC1CC1)C(=O)O. The van der Waals surface area contributed by atoms with Crippen LogP contribution in [-0.2, 0) is 9.53 Å². The molecule has 0 heterocycles. The van der Waals surface area contributed by atoms with E-state index in [9.17, 15) is 4.79 Å². The third-order valence-electron chi connectivity index (χ3n) is 2.66. The second kappa shape index (κ2) is 6.21. The summed E-state index contributed by atoms with van der Waals surface area (Å²) in [7, 11) is 0. The molecule has 1 saturated carbocycles. The summed E-state index contributed by atoms with van der Waals surface area (Å²) in [4.78, 5) is 11.0. The number of hydrogen-bond acceptors (Lipinski definition) is 3. The van der Waals surface area contributed by atoms with Crippen molar-refractivity contribution in [3.8, 4) is 0 Å². The predicted octanol–water partition coefficient (Wildman–Crippen LogP) is 1.64.